The van der Waals surface area contributed by atoms with Gasteiger partial charge in [-0.3, -0.25) is 9.59 Å². The van der Waals surface area contributed by atoms with Gasteiger partial charge in [0.25, 0.3) is 11.5 Å². The molecule has 1 N–H and O–H groups in total. The molecular weight excluding hydrogens is 348 g/mol. The van der Waals surface area contributed by atoms with Crippen molar-refractivity contribution in [2.75, 3.05) is 19.7 Å². The second kappa shape index (κ2) is 6.02. The van der Waals surface area contributed by atoms with Crippen LogP contribution in [0.2, 0.25) is 4.34 Å². The van der Waals surface area contributed by atoms with Crippen molar-refractivity contribution in [3.63, 3.8) is 0 Å². The molecule has 2 aliphatic heterocycles. The van der Waals surface area contributed by atoms with Gasteiger partial charge in [0.05, 0.1) is 21.9 Å². The van der Waals surface area contributed by atoms with Crippen LogP contribution in [0.25, 0.3) is 0 Å². The second-order valence-electron chi connectivity index (χ2n) is 6.42. The maximum absolute atomic E-state index is 12.8. The quantitative estimate of drug-likeness (QED) is 0.889. The minimum absolute atomic E-state index is 0.0231. The summed E-state index contributed by atoms with van der Waals surface area (Å²) in [5, 5.41) is 9.84. The van der Waals surface area contributed by atoms with Crippen LogP contribution in [0.3, 0.4) is 0 Å². The van der Waals surface area contributed by atoms with Crippen LogP contribution in [0.15, 0.2) is 35.1 Å². The first-order valence-corrected chi connectivity index (χ1v) is 9.15. The number of halogens is 1. The summed E-state index contributed by atoms with van der Waals surface area (Å²) in [5.41, 5.74) is 0.838. The molecule has 0 aliphatic carbocycles. The summed E-state index contributed by atoms with van der Waals surface area (Å²) in [7, 11) is 0. The summed E-state index contributed by atoms with van der Waals surface area (Å²) in [6.45, 7) is 1.05. The van der Waals surface area contributed by atoms with Crippen molar-refractivity contribution in [3.05, 3.63) is 55.6 Å². The lowest BCUT2D eigenvalue weighted by molar-refractivity contribution is 0.0441. The average Bonchev–Trinajstić information content (AvgIpc) is 3.01. The number of likely N-dealkylation sites (tertiary alicyclic amines) is 1. The number of aliphatic hydroxyl groups is 1. The first-order chi connectivity index (χ1) is 11.6. The van der Waals surface area contributed by atoms with Crippen molar-refractivity contribution in [3.8, 4) is 0 Å². The molecule has 1 fully saturated rings. The van der Waals surface area contributed by atoms with Crippen molar-refractivity contribution in [2.45, 2.75) is 18.4 Å². The zero-order valence-electron chi connectivity index (χ0n) is 12.9. The summed E-state index contributed by atoms with van der Waals surface area (Å²) in [5.74, 6) is 0.186. The Morgan fingerprint density at radius 1 is 1.29 bits per heavy atom. The molecule has 2 aromatic rings. The largest absolute Gasteiger partial charge is 0.394 e. The van der Waals surface area contributed by atoms with Crippen molar-refractivity contribution < 1.29 is 9.90 Å². The first-order valence-electron chi connectivity index (χ1n) is 7.95. The Hall–Kier alpha value is -1.63. The number of hydrogen-bond acceptors (Lipinski definition) is 4. The molecule has 24 heavy (non-hydrogen) atoms. The van der Waals surface area contributed by atoms with E-state index < -0.39 is 0 Å². The number of pyridine rings is 1. The number of nitrogens with zero attached hydrogens (tertiary/aromatic N) is 2. The smallest absolute Gasteiger partial charge is 0.264 e. The Morgan fingerprint density at radius 3 is 2.83 bits per heavy atom. The molecule has 0 unspecified atom stereocenters. The fourth-order valence-electron chi connectivity index (χ4n) is 4.03. The van der Waals surface area contributed by atoms with E-state index in [0.717, 1.165) is 12.1 Å². The summed E-state index contributed by atoms with van der Waals surface area (Å²) < 4.78 is 2.32. The van der Waals surface area contributed by atoms with Gasteiger partial charge >= 0.3 is 0 Å². The zero-order valence-corrected chi connectivity index (χ0v) is 14.5. The molecule has 2 aromatic heterocycles. The van der Waals surface area contributed by atoms with Crippen LogP contribution >= 0.6 is 22.9 Å². The van der Waals surface area contributed by atoms with Gasteiger partial charge in [0.15, 0.2) is 0 Å². The lowest BCUT2D eigenvalue weighted by Gasteiger charge is -2.46. The van der Waals surface area contributed by atoms with Crippen LogP contribution in [0, 0.1) is 5.92 Å². The molecule has 1 amide bonds. The third-order valence-electron chi connectivity index (χ3n) is 5.06. The highest BCUT2D eigenvalue weighted by Crippen LogP contribution is 2.41. The molecule has 0 aromatic carbocycles. The van der Waals surface area contributed by atoms with Crippen LogP contribution in [0.1, 0.15) is 33.7 Å². The van der Waals surface area contributed by atoms with Crippen LogP contribution in [-0.4, -0.2) is 40.2 Å². The van der Waals surface area contributed by atoms with Gasteiger partial charge in [0.2, 0.25) is 0 Å². The molecule has 7 heteroatoms. The maximum Gasteiger partial charge on any atom is 0.264 e. The molecule has 3 atom stereocenters. The van der Waals surface area contributed by atoms with Crippen LogP contribution < -0.4 is 5.56 Å². The van der Waals surface area contributed by atoms with Gasteiger partial charge in [0, 0.05) is 36.7 Å². The zero-order chi connectivity index (χ0) is 16.8. The topological polar surface area (TPSA) is 62.5 Å². The van der Waals surface area contributed by atoms with Crippen molar-refractivity contribution in [1.29, 1.82) is 0 Å². The highest BCUT2D eigenvalue weighted by atomic mass is 35.5. The number of aromatic nitrogens is 1. The molecule has 4 heterocycles. The predicted molar refractivity (Wildman–Crippen MR) is 92.9 cm³/mol. The molecule has 1 saturated heterocycles. The van der Waals surface area contributed by atoms with Crippen molar-refractivity contribution in [2.24, 2.45) is 5.92 Å². The molecule has 2 bridgehead atoms. The monoisotopic (exact) mass is 364 g/mol. The molecule has 4 rings (SSSR count). The van der Waals surface area contributed by atoms with E-state index in [1.54, 1.807) is 22.8 Å². The number of carbonyl (C=O) groups is 1. The standard InChI is InChI=1S/C17H17ClN2O3S/c18-15-5-4-14(24-15)17(23)19-7-10-6-11(8-19)13(9-21)20-12(10)2-1-3-16(20)22/h1-5,10-11,13,21H,6-9H2/t10-,11+,13+/m1/s1. The van der Waals surface area contributed by atoms with Gasteiger partial charge in [-0.05, 0) is 24.6 Å². The third kappa shape index (κ3) is 2.49. The van der Waals surface area contributed by atoms with Crippen molar-refractivity contribution >= 4 is 28.8 Å². The Morgan fingerprint density at radius 2 is 2.12 bits per heavy atom. The van der Waals surface area contributed by atoms with E-state index in [1.165, 1.54) is 17.4 Å². The summed E-state index contributed by atoms with van der Waals surface area (Å²) in [6.07, 6.45) is 0.893. The van der Waals surface area contributed by atoms with E-state index in [-0.39, 0.29) is 36.0 Å². The van der Waals surface area contributed by atoms with E-state index in [0.29, 0.717) is 22.3 Å². The highest BCUT2D eigenvalue weighted by molar-refractivity contribution is 7.17. The number of fused-ring (bicyclic) bond motifs is 4. The fraction of sp³-hybridized carbons (Fsp3) is 0.412. The van der Waals surface area contributed by atoms with Crippen LogP contribution in [0.5, 0.6) is 0 Å². The summed E-state index contributed by atoms with van der Waals surface area (Å²) in [6, 6.07) is 8.43. The Balaban J connectivity index is 1.69. The number of hydrogen-bond donors (Lipinski definition) is 1. The van der Waals surface area contributed by atoms with Gasteiger partial charge in [-0.1, -0.05) is 17.7 Å². The molecule has 0 saturated carbocycles. The Bertz CT molecular complexity index is 846. The minimum Gasteiger partial charge on any atom is -0.394 e. The number of amides is 1. The molecule has 126 valence electrons. The first kappa shape index (κ1) is 15.9. The Kier molecular flexibility index (Phi) is 3.98. The fourth-order valence-corrected chi connectivity index (χ4v) is 5.04. The van der Waals surface area contributed by atoms with E-state index >= 15 is 0 Å². The van der Waals surface area contributed by atoms with Crippen molar-refractivity contribution in [1.82, 2.24) is 9.47 Å². The molecule has 5 nitrogen and oxygen atoms in total. The van der Waals surface area contributed by atoms with E-state index in [2.05, 4.69) is 0 Å². The number of carbonyl (C=O) groups excluding carboxylic acids is 1. The summed E-state index contributed by atoms with van der Waals surface area (Å²) >= 11 is 7.23. The highest BCUT2D eigenvalue weighted by Gasteiger charge is 2.41. The van der Waals surface area contributed by atoms with E-state index in [1.807, 2.05) is 11.0 Å². The van der Waals surface area contributed by atoms with Gasteiger partial charge in [0.1, 0.15) is 0 Å². The summed E-state index contributed by atoms with van der Waals surface area (Å²) in [4.78, 5) is 27.5. The third-order valence-corrected chi connectivity index (χ3v) is 6.28. The van der Waals surface area contributed by atoms with Gasteiger partial charge < -0.3 is 14.6 Å². The molecule has 0 spiro atoms. The lowest BCUT2D eigenvalue weighted by atomic mass is 9.78. The normalized spacial score (nSPS) is 25.4. The van der Waals surface area contributed by atoms with Crippen LogP contribution in [-0.2, 0) is 0 Å². The number of aliphatic hydroxyl groups excluding tert-OH is 1. The van der Waals surface area contributed by atoms with Gasteiger partial charge in [-0.2, -0.15) is 0 Å². The van der Waals surface area contributed by atoms with Gasteiger partial charge in [-0.15, -0.1) is 11.3 Å². The Labute approximate surface area is 148 Å². The number of thiophene rings is 1. The average molecular weight is 365 g/mol. The van der Waals surface area contributed by atoms with E-state index in [9.17, 15) is 14.7 Å². The number of rotatable bonds is 2. The molecule has 0 radical (unpaired) electrons. The predicted octanol–water partition coefficient (Wildman–Crippen LogP) is 2.36. The SMILES string of the molecule is O=C(c1ccc(Cl)s1)N1C[C@H]2C[C@@H](C1)[C@H](CO)n1c2cccc1=O. The molecule has 2 aliphatic rings. The van der Waals surface area contributed by atoms with E-state index in [4.69, 9.17) is 11.6 Å². The van der Waals surface area contributed by atoms with Crippen LogP contribution in [0.4, 0.5) is 0 Å². The maximum atomic E-state index is 12.8. The lowest BCUT2D eigenvalue weighted by Crippen LogP contribution is -2.51. The number of piperidine rings is 1. The van der Waals surface area contributed by atoms with Gasteiger partial charge in [-0.25, -0.2) is 0 Å². The minimum atomic E-state index is -0.271. The molecular formula is C17H17ClN2O3S. The second-order valence-corrected chi connectivity index (χ2v) is 8.13.